The summed E-state index contributed by atoms with van der Waals surface area (Å²) < 4.78 is 0. The van der Waals surface area contributed by atoms with Crippen LogP contribution in [0.1, 0.15) is 49.8 Å². The van der Waals surface area contributed by atoms with Crippen molar-refractivity contribution >= 4 is 17.5 Å². The summed E-state index contributed by atoms with van der Waals surface area (Å²) in [4.78, 5) is 15.6. The highest BCUT2D eigenvalue weighted by Gasteiger charge is 2.36. The zero-order chi connectivity index (χ0) is 20.9. The van der Waals surface area contributed by atoms with Crippen LogP contribution in [-0.2, 0) is 23.3 Å². The molecule has 0 spiro atoms. The molecule has 0 unspecified atom stereocenters. The zero-order valence-electron chi connectivity index (χ0n) is 17.3. The van der Waals surface area contributed by atoms with Gasteiger partial charge in [-0.1, -0.05) is 61.8 Å². The Morgan fingerprint density at radius 1 is 1.14 bits per heavy atom. The average molecular weight is 415 g/mol. The summed E-state index contributed by atoms with van der Waals surface area (Å²) in [5.74, 6) is 0.0521. The number of rotatable bonds is 8. The SMILES string of the molecule is CCC(CC)(C(=O)NCc1ccccc1CN1CC[C@H](O)C1)c1ccc(Cl)cc1. The van der Waals surface area contributed by atoms with Crippen LogP contribution in [0.4, 0.5) is 0 Å². The van der Waals surface area contributed by atoms with Crippen LogP contribution in [-0.4, -0.2) is 35.1 Å². The zero-order valence-corrected chi connectivity index (χ0v) is 18.1. The Kier molecular flexibility index (Phi) is 7.33. The Bertz CT molecular complexity index is 818. The van der Waals surface area contributed by atoms with Gasteiger partial charge in [0, 0.05) is 31.2 Å². The smallest absolute Gasteiger partial charge is 0.230 e. The molecule has 2 N–H and O–H groups in total. The third-order valence-electron chi connectivity index (χ3n) is 6.24. The van der Waals surface area contributed by atoms with E-state index in [4.69, 9.17) is 11.6 Å². The number of aliphatic hydroxyl groups is 1. The van der Waals surface area contributed by atoms with Gasteiger partial charge in [-0.2, -0.15) is 0 Å². The van der Waals surface area contributed by atoms with Crippen LogP contribution in [0, 0.1) is 0 Å². The molecule has 5 heteroatoms. The van der Waals surface area contributed by atoms with E-state index in [1.807, 2.05) is 36.4 Å². The van der Waals surface area contributed by atoms with Crippen molar-refractivity contribution in [2.24, 2.45) is 0 Å². The first-order valence-corrected chi connectivity index (χ1v) is 10.9. The number of hydrogen-bond donors (Lipinski definition) is 2. The molecule has 1 aliphatic heterocycles. The molecule has 2 aromatic rings. The number of likely N-dealkylation sites (tertiary alicyclic amines) is 1. The van der Waals surface area contributed by atoms with Crippen molar-refractivity contribution in [2.45, 2.75) is 57.7 Å². The summed E-state index contributed by atoms with van der Waals surface area (Å²) in [5, 5.41) is 13.7. The van der Waals surface area contributed by atoms with E-state index in [9.17, 15) is 9.90 Å². The highest BCUT2D eigenvalue weighted by atomic mass is 35.5. The van der Waals surface area contributed by atoms with Crippen LogP contribution < -0.4 is 5.32 Å². The lowest BCUT2D eigenvalue weighted by atomic mass is 9.75. The van der Waals surface area contributed by atoms with Crippen molar-refractivity contribution < 1.29 is 9.90 Å². The van der Waals surface area contributed by atoms with Gasteiger partial charge in [0.2, 0.25) is 5.91 Å². The van der Waals surface area contributed by atoms with E-state index in [0.717, 1.165) is 43.5 Å². The first-order chi connectivity index (χ1) is 14.0. The van der Waals surface area contributed by atoms with Gasteiger partial charge < -0.3 is 10.4 Å². The summed E-state index contributed by atoms with van der Waals surface area (Å²) in [5.41, 5.74) is 2.77. The number of carbonyl (C=O) groups is 1. The molecule has 0 saturated carbocycles. The normalized spacial score (nSPS) is 17.4. The van der Waals surface area contributed by atoms with Gasteiger partial charge in [0.25, 0.3) is 0 Å². The molecule has 1 fully saturated rings. The number of halogens is 1. The molecule has 1 heterocycles. The largest absolute Gasteiger partial charge is 0.392 e. The third kappa shape index (κ3) is 5.00. The molecule has 1 aliphatic rings. The van der Waals surface area contributed by atoms with Crippen LogP contribution in [0.5, 0.6) is 0 Å². The fourth-order valence-electron chi connectivity index (χ4n) is 4.31. The van der Waals surface area contributed by atoms with E-state index >= 15 is 0 Å². The van der Waals surface area contributed by atoms with Gasteiger partial charge in [-0.3, -0.25) is 9.69 Å². The van der Waals surface area contributed by atoms with E-state index in [-0.39, 0.29) is 12.0 Å². The summed E-state index contributed by atoms with van der Waals surface area (Å²) in [6.45, 7) is 7.04. The predicted octanol–water partition coefficient (Wildman–Crippen LogP) is 4.28. The summed E-state index contributed by atoms with van der Waals surface area (Å²) >= 11 is 6.04. The Balaban J connectivity index is 1.73. The highest BCUT2D eigenvalue weighted by molar-refractivity contribution is 6.30. The second-order valence-electron chi connectivity index (χ2n) is 7.93. The number of nitrogens with zero attached hydrogens (tertiary/aromatic N) is 1. The lowest BCUT2D eigenvalue weighted by molar-refractivity contribution is -0.127. The van der Waals surface area contributed by atoms with Crippen LogP contribution in [0.2, 0.25) is 5.02 Å². The van der Waals surface area contributed by atoms with Gasteiger partial charge in [-0.25, -0.2) is 0 Å². The van der Waals surface area contributed by atoms with Gasteiger partial charge in [-0.15, -0.1) is 0 Å². The molecule has 0 aliphatic carbocycles. The maximum Gasteiger partial charge on any atom is 0.230 e. The van der Waals surface area contributed by atoms with Gasteiger partial charge >= 0.3 is 0 Å². The predicted molar refractivity (Wildman–Crippen MR) is 118 cm³/mol. The van der Waals surface area contributed by atoms with Crippen molar-refractivity contribution in [2.75, 3.05) is 13.1 Å². The minimum atomic E-state index is -0.557. The quantitative estimate of drug-likeness (QED) is 0.677. The molecular weight excluding hydrogens is 384 g/mol. The van der Waals surface area contributed by atoms with Crippen molar-refractivity contribution in [3.63, 3.8) is 0 Å². The molecule has 4 nitrogen and oxygen atoms in total. The minimum Gasteiger partial charge on any atom is -0.392 e. The van der Waals surface area contributed by atoms with E-state index < -0.39 is 5.41 Å². The molecule has 156 valence electrons. The first kappa shape index (κ1) is 21.8. The molecule has 0 aromatic heterocycles. The van der Waals surface area contributed by atoms with Crippen LogP contribution in [0.25, 0.3) is 0 Å². The average Bonchev–Trinajstić information content (AvgIpc) is 3.14. The number of amides is 1. The fraction of sp³-hybridized carbons (Fsp3) is 0.458. The standard InChI is InChI=1S/C24H31ClN2O2/c1-3-24(4-2,20-9-11-21(25)12-10-20)23(29)26-15-18-7-5-6-8-19(18)16-27-14-13-22(28)17-27/h5-12,22,28H,3-4,13-17H2,1-2H3,(H,26,29)/t22-/m0/s1. The lowest BCUT2D eigenvalue weighted by Crippen LogP contribution is -2.43. The Hall–Kier alpha value is -1.88. The van der Waals surface area contributed by atoms with E-state index in [2.05, 4.69) is 36.2 Å². The number of carbonyl (C=O) groups excluding carboxylic acids is 1. The van der Waals surface area contributed by atoms with Crippen molar-refractivity contribution in [1.82, 2.24) is 10.2 Å². The number of benzene rings is 2. The maximum atomic E-state index is 13.3. The van der Waals surface area contributed by atoms with Crippen molar-refractivity contribution in [1.29, 1.82) is 0 Å². The first-order valence-electron chi connectivity index (χ1n) is 10.5. The van der Waals surface area contributed by atoms with Crippen LogP contribution in [0.3, 0.4) is 0 Å². The molecule has 1 amide bonds. The van der Waals surface area contributed by atoms with Crippen molar-refractivity contribution in [3.05, 3.63) is 70.2 Å². The minimum absolute atomic E-state index is 0.0521. The molecule has 1 saturated heterocycles. The third-order valence-corrected chi connectivity index (χ3v) is 6.49. The molecule has 29 heavy (non-hydrogen) atoms. The van der Waals surface area contributed by atoms with Gasteiger partial charge in [-0.05, 0) is 48.1 Å². The fourth-order valence-corrected chi connectivity index (χ4v) is 4.43. The number of aliphatic hydroxyl groups excluding tert-OH is 1. The van der Waals surface area contributed by atoms with Gasteiger partial charge in [0.05, 0.1) is 11.5 Å². The monoisotopic (exact) mass is 414 g/mol. The van der Waals surface area contributed by atoms with Gasteiger partial charge in [0.15, 0.2) is 0 Å². The Morgan fingerprint density at radius 3 is 2.38 bits per heavy atom. The molecule has 2 aromatic carbocycles. The Morgan fingerprint density at radius 2 is 1.79 bits per heavy atom. The lowest BCUT2D eigenvalue weighted by Gasteiger charge is -2.31. The van der Waals surface area contributed by atoms with Gasteiger partial charge in [0.1, 0.15) is 0 Å². The molecule has 1 atom stereocenters. The van der Waals surface area contributed by atoms with Crippen LogP contribution in [0.15, 0.2) is 48.5 Å². The molecule has 0 radical (unpaired) electrons. The van der Waals surface area contributed by atoms with Crippen LogP contribution >= 0.6 is 11.6 Å². The molecule has 3 rings (SSSR count). The summed E-state index contributed by atoms with van der Waals surface area (Å²) in [6, 6.07) is 15.8. The van der Waals surface area contributed by atoms with E-state index in [1.165, 1.54) is 5.56 Å². The number of β-amino-alcohol motifs (C(OH)–C–C–N with tert-alkyl or cyclic N) is 1. The molecular formula is C24H31ClN2O2. The molecule has 0 bridgehead atoms. The number of nitrogens with one attached hydrogen (secondary N) is 1. The van der Waals surface area contributed by atoms with E-state index in [1.54, 1.807) is 0 Å². The van der Waals surface area contributed by atoms with Crippen molar-refractivity contribution in [3.8, 4) is 0 Å². The second-order valence-corrected chi connectivity index (χ2v) is 8.36. The number of hydrogen-bond acceptors (Lipinski definition) is 3. The summed E-state index contributed by atoms with van der Waals surface area (Å²) in [7, 11) is 0. The summed E-state index contributed by atoms with van der Waals surface area (Å²) in [6.07, 6.45) is 2.06. The topological polar surface area (TPSA) is 52.6 Å². The Labute approximate surface area is 178 Å². The van der Waals surface area contributed by atoms with E-state index in [0.29, 0.717) is 18.1 Å². The second kappa shape index (κ2) is 9.75. The maximum absolute atomic E-state index is 13.3. The highest BCUT2D eigenvalue weighted by Crippen LogP contribution is 2.33.